The van der Waals surface area contributed by atoms with Crippen LogP contribution in [0.25, 0.3) is 0 Å². The Balaban J connectivity index is 0. The molecular formula is C7H12CaO2. The van der Waals surface area contributed by atoms with Crippen molar-refractivity contribution in [1.82, 2.24) is 0 Å². The van der Waals surface area contributed by atoms with Crippen molar-refractivity contribution in [2.45, 2.75) is 26.4 Å². The number of hydrogen-bond acceptors (Lipinski definition) is 2. The summed E-state index contributed by atoms with van der Waals surface area (Å²) in [6, 6.07) is 0. The second-order valence-electron chi connectivity index (χ2n) is 1.86. The second-order valence-corrected chi connectivity index (χ2v) is 1.86. The zero-order valence-corrected chi connectivity index (χ0v) is 8.80. The van der Waals surface area contributed by atoms with E-state index in [4.69, 9.17) is 4.74 Å². The van der Waals surface area contributed by atoms with Crippen molar-refractivity contribution in [3.63, 3.8) is 0 Å². The van der Waals surface area contributed by atoms with Crippen molar-refractivity contribution in [1.29, 1.82) is 0 Å². The Morgan fingerprint density at radius 2 is 2.30 bits per heavy atom. The Hall–Kier alpha value is 0.470. The normalized spacial score (nSPS) is 11.0. The second kappa shape index (κ2) is 7.58. The van der Waals surface area contributed by atoms with Gasteiger partial charge in [-0.2, -0.15) is 0 Å². The van der Waals surface area contributed by atoms with Crippen LogP contribution in [0, 0.1) is 0 Å². The summed E-state index contributed by atoms with van der Waals surface area (Å²) in [6.45, 7) is 7.08. The predicted molar refractivity (Wildman–Crippen MR) is 41.8 cm³/mol. The smallest absolute Gasteiger partial charge is 0.330 e. The van der Waals surface area contributed by atoms with E-state index in [1.807, 2.05) is 13.8 Å². The van der Waals surface area contributed by atoms with Crippen LogP contribution in [0.2, 0.25) is 0 Å². The fourth-order valence-electron chi connectivity index (χ4n) is 0.330. The molecule has 54 valence electrons. The third kappa shape index (κ3) is 6.59. The van der Waals surface area contributed by atoms with Gasteiger partial charge in [-0.1, -0.05) is 13.5 Å². The summed E-state index contributed by atoms with van der Waals surface area (Å²) in [5.74, 6) is -0.343. The van der Waals surface area contributed by atoms with E-state index in [1.165, 1.54) is 6.08 Å². The number of esters is 1. The van der Waals surface area contributed by atoms with Gasteiger partial charge >= 0.3 is 5.97 Å². The van der Waals surface area contributed by atoms with E-state index in [9.17, 15) is 4.79 Å². The van der Waals surface area contributed by atoms with E-state index in [2.05, 4.69) is 6.58 Å². The van der Waals surface area contributed by atoms with E-state index in [0.29, 0.717) is 0 Å². The van der Waals surface area contributed by atoms with Crippen molar-refractivity contribution in [2.75, 3.05) is 0 Å². The first-order valence-corrected chi connectivity index (χ1v) is 3.03. The largest absolute Gasteiger partial charge is 0.460 e. The third-order valence-electron chi connectivity index (χ3n) is 1.06. The molecule has 0 spiro atoms. The van der Waals surface area contributed by atoms with Crippen molar-refractivity contribution in [3.05, 3.63) is 12.7 Å². The molecule has 0 saturated carbocycles. The maximum absolute atomic E-state index is 10.4. The maximum Gasteiger partial charge on any atom is 0.330 e. The van der Waals surface area contributed by atoms with Gasteiger partial charge in [-0.25, -0.2) is 4.79 Å². The molecule has 0 aliphatic heterocycles. The number of hydrogen-bond donors (Lipinski definition) is 0. The Kier molecular flexibility index (Phi) is 9.91. The molecule has 0 amide bonds. The molecule has 0 aromatic carbocycles. The Bertz CT molecular complexity index is 112. The molecule has 3 heteroatoms. The number of carbonyl (C=O) groups is 1. The average Bonchev–Trinajstić information content (AvgIpc) is 1.87. The Morgan fingerprint density at radius 3 is 2.60 bits per heavy atom. The summed E-state index contributed by atoms with van der Waals surface area (Å²) in [5, 5.41) is 0. The zero-order valence-electron chi connectivity index (χ0n) is 6.59. The predicted octanol–water partition coefficient (Wildman–Crippen LogP) is 1.13. The van der Waals surface area contributed by atoms with Crippen LogP contribution in [0.3, 0.4) is 0 Å². The van der Waals surface area contributed by atoms with Crippen molar-refractivity contribution < 1.29 is 9.53 Å². The van der Waals surface area contributed by atoms with Gasteiger partial charge in [-0.3, -0.25) is 0 Å². The molecule has 0 aliphatic carbocycles. The van der Waals surface area contributed by atoms with Gasteiger partial charge in [0.25, 0.3) is 0 Å². The van der Waals surface area contributed by atoms with Gasteiger partial charge in [0, 0.05) is 43.8 Å². The first-order chi connectivity index (χ1) is 4.20. The average molecular weight is 168 g/mol. The van der Waals surface area contributed by atoms with E-state index in [-0.39, 0.29) is 49.8 Å². The minimum atomic E-state index is -0.343. The zero-order chi connectivity index (χ0) is 7.28. The van der Waals surface area contributed by atoms with Gasteiger partial charge in [0.2, 0.25) is 0 Å². The van der Waals surface area contributed by atoms with Crippen LogP contribution < -0.4 is 0 Å². The molecule has 0 aliphatic rings. The minimum Gasteiger partial charge on any atom is -0.460 e. The molecule has 0 aromatic heterocycles. The quantitative estimate of drug-likeness (QED) is 0.359. The molecule has 1 unspecified atom stereocenters. The van der Waals surface area contributed by atoms with E-state index < -0.39 is 0 Å². The van der Waals surface area contributed by atoms with Gasteiger partial charge in [-0.15, -0.1) is 0 Å². The minimum absolute atomic E-state index is 0. The molecule has 0 rings (SSSR count). The summed E-state index contributed by atoms with van der Waals surface area (Å²) >= 11 is 0. The van der Waals surface area contributed by atoms with Crippen LogP contribution in [0.5, 0.6) is 0 Å². The molecule has 0 aromatic rings. The molecule has 2 radical (unpaired) electrons. The van der Waals surface area contributed by atoms with E-state index in [0.717, 1.165) is 6.42 Å². The molecular weight excluding hydrogens is 156 g/mol. The molecule has 0 heterocycles. The van der Waals surface area contributed by atoms with Crippen LogP contribution in [0.15, 0.2) is 12.7 Å². The molecule has 0 saturated heterocycles. The Morgan fingerprint density at radius 1 is 1.80 bits per heavy atom. The summed E-state index contributed by atoms with van der Waals surface area (Å²) < 4.78 is 4.79. The summed E-state index contributed by atoms with van der Waals surface area (Å²) in [5.41, 5.74) is 0. The first-order valence-electron chi connectivity index (χ1n) is 3.03. The van der Waals surface area contributed by atoms with Crippen LogP contribution >= 0.6 is 0 Å². The summed E-state index contributed by atoms with van der Waals surface area (Å²) in [6.07, 6.45) is 2.03. The van der Waals surface area contributed by atoms with E-state index in [1.54, 1.807) is 0 Å². The monoisotopic (exact) mass is 168 g/mol. The molecule has 0 N–H and O–H groups in total. The summed E-state index contributed by atoms with van der Waals surface area (Å²) in [7, 11) is 0. The van der Waals surface area contributed by atoms with Gasteiger partial charge in [-0.05, 0) is 13.3 Å². The summed E-state index contributed by atoms with van der Waals surface area (Å²) in [4.78, 5) is 10.4. The maximum atomic E-state index is 10.4. The van der Waals surface area contributed by atoms with E-state index >= 15 is 0 Å². The number of carbonyl (C=O) groups excluding carboxylic acids is 1. The topological polar surface area (TPSA) is 26.3 Å². The molecule has 0 bridgehead atoms. The van der Waals surface area contributed by atoms with Crippen molar-refractivity contribution in [3.8, 4) is 0 Å². The number of rotatable bonds is 3. The molecule has 1 atom stereocenters. The fraction of sp³-hybridized carbons (Fsp3) is 0.571. The molecule has 2 nitrogen and oxygen atoms in total. The van der Waals surface area contributed by atoms with Crippen LogP contribution in [0.1, 0.15) is 20.3 Å². The van der Waals surface area contributed by atoms with Crippen molar-refractivity contribution >= 4 is 43.7 Å². The van der Waals surface area contributed by atoms with Gasteiger partial charge in [0.05, 0.1) is 6.10 Å². The standard InChI is InChI=1S/C7H12O2.Ca/c1-4-6(3)9-7(8)5-2;/h5-6H,2,4H2,1,3H3;. The van der Waals surface area contributed by atoms with Gasteiger partial charge in [0.1, 0.15) is 0 Å². The van der Waals surface area contributed by atoms with Crippen molar-refractivity contribution in [2.24, 2.45) is 0 Å². The van der Waals surface area contributed by atoms with Gasteiger partial charge in [0.15, 0.2) is 0 Å². The SMILES string of the molecule is C=CC(=O)OC(C)CC.[Ca]. The van der Waals surface area contributed by atoms with Gasteiger partial charge < -0.3 is 4.74 Å². The number of ether oxygens (including phenoxy) is 1. The Labute approximate surface area is 91.6 Å². The third-order valence-corrected chi connectivity index (χ3v) is 1.06. The first kappa shape index (κ1) is 13.1. The van der Waals surface area contributed by atoms with Crippen LogP contribution in [-0.4, -0.2) is 49.8 Å². The fourth-order valence-corrected chi connectivity index (χ4v) is 0.330. The van der Waals surface area contributed by atoms with Crippen LogP contribution in [0.4, 0.5) is 0 Å². The molecule has 10 heavy (non-hydrogen) atoms. The molecule has 0 fully saturated rings. The van der Waals surface area contributed by atoms with Crippen LogP contribution in [-0.2, 0) is 9.53 Å².